The molecule has 0 aliphatic heterocycles. The van der Waals surface area contributed by atoms with Crippen molar-refractivity contribution in [2.24, 2.45) is 0 Å². The van der Waals surface area contributed by atoms with Gasteiger partial charge < -0.3 is 5.32 Å². The Morgan fingerprint density at radius 3 is 2.44 bits per heavy atom. The number of benzene rings is 1. The van der Waals surface area contributed by atoms with Crippen molar-refractivity contribution in [1.29, 1.82) is 0 Å². The van der Waals surface area contributed by atoms with Crippen molar-refractivity contribution in [3.63, 3.8) is 0 Å². The number of hydrogen-bond acceptors (Lipinski definition) is 1. The summed E-state index contributed by atoms with van der Waals surface area (Å²) >= 11 is 0. The van der Waals surface area contributed by atoms with E-state index in [9.17, 15) is 0 Å². The minimum atomic E-state index is 0.176. The van der Waals surface area contributed by atoms with Crippen molar-refractivity contribution in [1.82, 2.24) is 5.32 Å². The zero-order chi connectivity index (χ0) is 13.8. The van der Waals surface area contributed by atoms with E-state index in [2.05, 4.69) is 71.1 Å². The van der Waals surface area contributed by atoms with E-state index >= 15 is 0 Å². The van der Waals surface area contributed by atoms with Crippen LogP contribution >= 0.6 is 0 Å². The van der Waals surface area contributed by atoms with E-state index in [0.717, 1.165) is 13.0 Å². The minimum absolute atomic E-state index is 0.176. The molecule has 1 heteroatoms. The fourth-order valence-corrected chi connectivity index (χ4v) is 1.79. The van der Waals surface area contributed by atoms with Gasteiger partial charge in [-0.1, -0.05) is 42.3 Å². The van der Waals surface area contributed by atoms with E-state index in [0.29, 0.717) is 0 Å². The minimum Gasteiger partial charge on any atom is -0.308 e. The van der Waals surface area contributed by atoms with Crippen molar-refractivity contribution in [2.75, 3.05) is 6.54 Å². The lowest BCUT2D eigenvalue weighted by molar-refractivity contribution is 0.443. The highest BCUT2D eigenvalue weighted by atomic mass is 14.9. The van der Waals surface area contributed by atoms with Crippen LogP contribution in [0.1, 0.15) is 50.8 Å². The topological polar surface area (TPSA) is 12.0 Å². The Bertz CT molecular complexity index is 422. The number of nitrogens with one attached hydrogen (secondary N) is 1. The SMILES string of the molecule is CCC(=Cc1cc(C)ccc1C)CNC(C)(C)C. The summed E-state index contributed by atoms with van der Waals surface area (Å²) in [7, 11) is 0. The molecule has 1 N–H and O–H groups in total. The second kappa shape index (κ2) is 6.19. The summed E-state index contributed by atoms with van der Waals surface area (Å²) in [5, 5.41) is 3.56. The van der Waals surface area contributed by atoms with Crippen LogP contribution < -0.4 is 5.32 Å². The standard InChI is InChI=1S/C17H27N/c1-7-15(12-18-17(4,5)6)11-16-10-13(2)8-9-14(16)3/h8-11,18H,7,12H2,1-6H3. The predicted octanol–water partition coefficient (Wildman–Crippen LogP) is 4.48. The van der Waals surface area contributed by atoms with Gasteiger partial charge in [-0.15, -0.1) is 0 Å². The summed E-state index contributed by atoms with van der Waals surface area (Å²) in [4.78, 5) is 0. The van der Waals surface area contributed by atoms with Gasteiger partial charge in [0, 0.05) is 12.1 Å². The second-order valence-electron chi connectivity index (χ2n) is 6.12. The Morgan fingerprint density at radius 1 is 1.22 bits per heavy atom. The number of aryl methyl sites for hydroxylation is 2. The largest absolute Gasteiger partial charge is 0.308 e. The van der Waals surface area contributed by atoms with E-state index in [-0.39, 0.29) is 5.54 Å². The third-order valence-corrected chi connectivity index (χ3v) is 3.09. The third kappa shape index (κ3) is 5.05. The molecule has 0 spiro atoms. The van der Waals surface area contributed by atoms with Gasteiger partial charge in [0.1, 0.15) is 0 Å². The monoisotopic (exact) mass is 245 g/mol. The van der Waals surface area contributed by atoms with Crippen LogP contribution in [0.5, 0.6) is 0 Å². The third-order valence-electron chi connectivity index (χ3n) is 3.09. The van der Waals surface area contributed by atoms with Gasteiger partial charge in [0.25, 0.3) is 0 Å². The maximum Gasteiger partial charge on any atom is 0.0172 e. The zero-order valence-electron chi connectivity index (χ0n) is 12.7. The normalized spacial score (nSPS) is 12.9. The molecule has 0 aromatic heterocycles. The molecule has 0 heterocycles. The maximum atomic E-state index is 3.56. The predicted molar refractivity (Wildman–Crippen MR) is 81.9 cm³/mol. The summed E-state index contributed by atoms with van der Waals surface area (Å²) in [6.45, 7) is 14.1. The van der Waals surface area contributed by atoms with E-state index in [1.807, 2.05) is 0 Å². The Kier molecular flexibility index (Phi) is 5.15. The molecule has 100 valence electrons. The highest BCUT2D eigenvalue weighted by Crippen LogP contribution is 2.16. The Hall–Kier alpha value is -1.08. The molecule has 0 unspecified atom stereocenters. The molecule has 1 nitrogen and oxygen atoms in total. The van der Waals surface area contributed by atoms with Gasteiger partial charge in [-0.3, -0.25) is 0 Å². The van der Waals surface area contributed by atoms with Crippen LogP contribution in [0.3, 0.4) is 0 Å². The summed E-state index contributed by atoms with van der Waals surface area (Å²) in [6, 6.07) is 6.64. The van der Waals surface area contributed by atoms with Crippen LogP contribution in [0.15, 0.2) is 23.8 Å². The molecule has 0 atom stereocenters. The van der Waals surface area contributed by atoms with E-state index in [4.69, 9.17) is 0 Å². The van der Waals surface area contributed by atoms with Crippen molar-refractivity contribution in [3.8, 4) is 0 Å². The molecule has 1 rings (SSSR count). The summed E-state index contributed by atoms with van der Waals surface area (Å²) in [5.41, 5.74) is 5.66. The maximum absolute atomic E-state index is 3.56. The van der Waals surface area contributed by atoms with Gasteiger partial charge >= 0.3 is 0 Å². The van der Waals surface area contributed by atoms with Crippen molar-refractivity contribution in [2.45, 2.75) is 53.5 Å². The number of hydrogen-bond donors (Lipinski definition) is 1. The first-order chi connectivity index (χ1) is 8.31. The highest BCUT2D eigenvalue weighted by Gasteiger charge is 2.09. The summed E-state index contributed by atoms with van der Waals surface area (Å²) in [5.74, 6) is 0. The van der Waals surface area contributed by atoms with Crippen LogP contribution in [-0.4, -0.2) is 12.1 Å². The average Bonchev–Trinajstić information content (AvgIpc) is 2.27. The van der Waals surface area contributed by atoms with Gasteiger partial charge in [0.2, 0.25) is 0 Å². The van der Waals surface area contributed by atoms with Gasteiger partial charge in [-0.05, 0) is 52.2 Å². The van der Waals surface area contributed by atoms with Crippen molar-refractivity contribution >= 4 is 6.08 Å². The Balaban J connectivity index is 2.87. The number of rotatable bonds is 4. The zero-order valence-corrected chi connectivity index (χ0v) is 12.7. The second-order valence-corrected chi connectivity index (χ2v) is 6.12. The lowest BCUT2D eigenvalue weighted by Gasteiger charge is -2.21. The van der Waals surface area contributed by atoms with Gasteiger partial charge in [0.05, 0.1) is 0 Å². The van der Waals surface area contributed by atoms with Gasteiger partial charge in [-0.2, -0.15) is 0 Å². The van der Waals surface area contributed by atoms with E-state index in [1.165, 1.54) is 22.3 Å². The lowest BCUT2D eigenvalue weighted by atomic mass is 10.0. The van der Waals surface area contributed by atoms with E-state index < -0.39 is 0 Å². The molecular weight excluding hydrogens is 218 g/mol. The van der Waals surface area contributed by atoms with Gasteiger partial charge in [0.15, 0.2) is 0 Å². The van der Waals surface area contributed by atoms with Crippen LogP contribution in [0, 0.1) is 13.8 Å². The molecule has 0 aliphatic rings. The molecule has 0 amide bonds. The molecule has 0 bridgehead atoms. The van der Waals surface area contributed by atoms with Crippen LogP contribution in [0.25, 0.3) is 6.08 Å². The molecule has 0 saturated carbocycles. The molecule has 0 fully saturated rings. The molecule has 0 aliphatic carbocycles. The molecule has 1 aromatic rings. The summed E-state index contributed by atoms with van der Waals surface area (Å²) < 4.78 is 0. The highest BCUT2D eigenvalue weighted by molar-refractivity contribution is 5.57. The molecule has 0 radical (unpaired) electrons. The first kappa shape index (κ1) is 15.0. The first-order valence-electron chi connectivity index (χ1n) is 6.83. The van der Waals surface area contributed by atoms with Crippen LogP contribution in [-0.2, 0) is 0 Å². The van der Waals surface area contributed by atoms with E-state index in [1.54, 1.807) is 0 Å². The Labute approximate surface area is 112 Å². The van der Waals surface area contributed by atoms with Crippen LogP contribution in [0.2, 0.25) is 0 Å². The quantitative estimate of drug-likeness (QED) is 0.824. The van der Waals surface area contributed by atoms with Crippen molar-refractivity contribution in [3.05, 3.63) is 40.5 Å². The molecular formula is C17H27N. The fraction of sp³-hybridized carbons (Fsp3) is 0.529. The molecule has 0 saturated heterocycles. The van der Waals surface area contributed by atoms with Crippen molar-refractivity contribution < 1.29 is 0 Å². The van der Waals surface area contributed by atoms with Crippen LogP contribution in [0.4, 0.5) is 0 Å². The first-order valence-corrected chi connectivity index (χ1v) is 6.83. The molecule has 1 aromatic carbocycles. The lowest BCUT2D eigenvalue weighted by Crippen LogP contribution is -2.36. The fourth-order valence-electron chi connectivity index (χ4n) is 1.79. The Morgan fingerprint density at radius 2 is 1.89 bits per heavy atom. The average molecular weight is 245 g/mol. The van der Waals surface area contributed by atoms with Gasteiger partial charge in [-0.25, -0.2) is 0 Å². The summed E-state index contributed by atoms with van der Waals surface area (Å²) in [6.07, 6.45) is 3.43. The smallest absolute Gasteiger partial charge is 0.0172 e. The molecule has 18 heavy (non-hydrogen) atoms.